The fraction of sp³-hybridized carbons (Fsp3) is 0.236. The van der Waals surface area contributed by atoms with Crippen LogP contribution < -0.4 is 15.9 Å². The molecule has 56 heavy (non-hydrogen) atoms. The zero-order valence-electron chi connectivity index (χ0n) is 35.3. The van der Waals surface area contributed by atoms with E-state index in [-0.39, 0.29) is 16.2 Å². The van der Waals surface area contributed by atoms with Crippen LogP contribution in [0.25, 0.3) is 36.5 Å². The van der Waals surface area contributed by atoms with Crippen molar-refractivity contribution in [3.8, 4) is 0 Å². The predicted octanol–water partition coefficient (Wildman–Crippen LogP) is 14.0. The van der Waals surface area contributed by atoms with Crippen LogP contribution in [0.1, 0.15) is 112 Å². The molecule has 0 spiro atoms. The third kappa shape index (κ3) is 10.0. The van der Waals surface area contributed by atoms with E-state index >= 15 is 0 Å². The number of rotatable bonds is 9. The maximum Gasteiger partial charge on any atom is 0.109 e. The van der Waals surface area contributed by atoms with Crippen molar-refractivity contribution in [3.63, 3.8) is 0 Å². The summed E-state index contributed by atoms with van der Waals surface area (Å²) in [5.41, 5.74) is 11.8. The Balaban J connectivity index is 1.27. The van der Waals surface area contributed by atoms with Crippen LogP contribution in [0.15, 0.2) is 146 Å². The molecule has 0 atom stereocenters. The van der Waals surface area contributed by atoms with Crippen molar-refractivity contribution >= 4 is 59.6 Å². The lowest BCUT2D eigenvalue weighted by Gasteiger charge is -2.23. The van der Waals surface area contributed by atoms with Crippen LogP contribution in [0.2, 0.25) is 0 Å². The standard InChI is InChI=1S/C55H60P/c1-53(2,3)47-29-17-41(18-30-47)11-14-44-23-35-50(36-24-44)56(10,51-37-25-45(26-38-51)15-12-42-19-31-48(32-20-42)54(4,5)6)52-39-27-46(28-40-52)16-13-43-21-33-49(34-22-43)55(7,8)9/h11-40H,1-10H3/q+1/b14-11+,15-12+,16-13+. The molecule has 0 N–H and O–H groups in total. The van der Waals surface area contributed by atoms with Crippen LogP contribution in [0, 0.1) is 0 Å². The minimum Gasteiger partial charge on any atom is -0.0579 e. The third-order valence-electron chi connectivity index (χ3n) is 11.0. The summed E-state index contributed by atoms with van der Waals surface area (Å²) in [4.78, 5) is 0. The highest BCUT2D eigenvalue weighted by Crippen LogP contribution is 2.51. The molecule has 0 aliphatic heterocycles. The van der Waals surface area contributed by atoms with Gasteiger partial charge in [-0.3, -0.25) is 0 Å². The first-order chi connectivity index (χ1) is 26.5. The van der Waals surface area contributed by atoms with Crippen LogP contribution in [0.4, 0.5) is 0 Å². The molecule has 0 bridgehead atoms. The minimum atomic E-state index is -1.95. The summed E-state index contributed by atoms with van der Waals surface area (Å²) in [7, 11) is -1.95. The second-order valence-corrected chi connectivity index (χ2v) is 22.0. The first-order valence-corrected chi connectivity index (χ1v) is 22.3. The summed E-state index contributed by atoms with van der Waals surface area (Å²) in [5.74, 6) is 0. The largest absolute Gasteiger partial charge is 0.109 e. The van der Waals surface area contributed by atoms with Crippen molar-refractivity contribution in [2.45, 2.75) is 78.6 Å². The molecule has 0 nitrogen and oxygen atoms in total. The molecule has 6 aromatic rings. The average Bonchev–Trinajstić information content (AvgIpc) is 3.18. The maximum absolute atomic E-state index is 2.47. The van der Waals surface area contributed by atoms with Gasteiger partial charge in [0.15, 0.2) is 0 Å². The third-order valence-corrected chi connectivity index (χ3v) is 15.0. The molecule has 0 amide bonds. The van der Waals surface area contributed by atoms with Gasteiger partial charge in [0.1, 0.15) is 23.2 Å². The molecule has 6 rings (SSSR count). The fourth-order valence-corrected chi connectivity index (χ4v) is 10.1. The van der Waals surface area contributed by atoms with Gasteiger partial charge in [-0.25, -0.2) is 0 Å². The van der Waals surface area contributed by atoms with Gasteiger partial charge < -0.3 is 0 Å². The molecular formula is C55H60P+. The quantitative estimate of drug-likeness (QED) is 0.102. The van der Waals surface area contributed by atoms with Crippen LogP contribution in [0.5, 0.6) is 0 Å². The molecule has 0 heterocycles. The van der Waals surface area contributed by atoms with Gasteiger partial charge in [0.2, 0.25) is 0 Å². The molecule has 0 fully saturated rings. The number of hydrogen-bond acceptors (Lipinski definition) is 0. The molecule has 6 aromatic carbocycles. The van der Waals surface area contributed by atoms with Crippen molar-refractivity contribution in [2.24, 2.45) is 0 Å². The van der Waals surface area contributed by atoms with Gasteiger partial charge in [0.05, 0.1) is 6.66 Å². The molecule has 0 aliphatic rings. The Kier molecular flexibility index (Phi) is 12.0. The Hall–Kier alpha value is -5.03. The summed E-state index contributed by atoms with van der Waals surface area (Å²) in [6.07, 6.45) is 13.3. The van der Waals surface area contributed by atoms with Gasteiger partial charge in [-0.15, -0.1) is 0 Å². The molecule has 0 unspecified atom stereocenters. The van der Waals surface area contributed by atoms with Crippen molar-refractivity contribution < 1.29 is 0 Å². The second kappa shape index (κ2) is 16.6. The van der Waals surface area contributed by atoms with Crippen LogP contribution >= 0.6 is 7.26 Å². The van der Waals surface area contributed by atoms with Crippen LogP contribution in [-0.2, 0) is 16.2 Å². The van der Waals surface area contributed by atoms with Gasteiger partial charge in [-0.1, -0.05) is 208 Å². The molecule has 0 saturated heterocycles. The molecule has 0 aromatic heterocycles. The summed E-state index contributed by atoms with van der Waals surface area (Å²) in [6.45, 7) is 22.8. The lowest BCUT2D eigenvalue weighted by atomic mass is 9.87. The van der Waals surface area contributed by atoms with Crippen molar-refractivity contribution in [2.75, 3.05) is 6.66 Å². The van der Waals surface area contributed by atoms with Crippen molar-refractivity contribution in [1.82, 2.24) is 0 Å². The highest BCUT2D eigenvalue weighted by Gasteiger charge is 2.40. The highest BCUT2D eigenvalue weighted by atomic mass is 31.2. The molecular weight excluding hydrogens is 692 g/mol. The van der Waals surface area contributed by atoms with Crippen molar-refractivity contribution in [1.29, 1.82) is 0 Å². The van der Waals surface area contributed by atoms with Gasteiger partial charge in [0, 0.05) is 0 Å². The van der Waals surface area contributed by atoms with E-state index in [1.807, 2.05) is 0 Å². The molecule has 284 valence electrons. The van der Waals surface area contributed by atoms with Crippen LogP contribution in [0.3, 0.4) is 0 Å². The Bertz CT molecular complexity index is 2010. The predicted molar refractivity (Wildman–Crippen MR) is 253 cm³/mol. The Labute approximate surface area is 339 Å². The maximum atomic E-state index is 2.47. The fourth-order valence-electron chi connectivity index (χ4n) is 6.96. The van der Waals surface area contributed by atoms with E-state index in [0.29, 0.717) is 0 Å². The van der Waals surface area contributed by atoms with E-state index in [9.17, 15) is 0 Å². The van der Waals surface area contributed by atoms with Crippen LogP contribution in [-0.4, -0.2) is 6.66 Å². The van der Waals surface area contributed by atoms with E-state index in [1.165, 1.54) is 66.0 Å². The SMILES string of the molecule is CC(C)(C)c1ccc(/C=C/c2ccc([P+](C)(c3ccc(/C=C/c4ccc(C(C)(C)C)cc4)cc3)c3ccc(/C=C/c4ccc(C(C)(C)C)cc4)cc3)cc2)cc1. The first kappa shape index (κ1) is 40.6. The van der Waals surface area contributed by atoms with Gasteiger partial charge in [0.25, 0.3) is 0 Å². The van der Waals surface area contributed by atoms with Gasteiger partial charge in [-0.05, 0) is 103 Å². The average molecular weight is 752 g/mol. The monoisotopic (exact) mass is 751 g/mol. The van der Waals surface area contributed by atoms with E-state index in [1.54, 1.807) is 0 Å². The van der Waals surface area contributed by atoms with E-state index in [4.69, 9.17) is 0 Å². The normalized spacial score (nSPS) is 13.0. The van der Waals surface area contributed by atoms with E-state index < -0.39 is 7.26 Å². The number of benzene rings is 6. The minimum absolute atomic E-state index is 0.152. The van der Waals surface area contributed by atoms with E-state index in [0.717, 1.165) is 0 Å². The Morgan fingerprint density at radius 1 is 0.268 bits per heavy atom. The van der Waals surface area contributed by atoms with Gasteiger partial charge in [-0.2, -0.15) is 0 Å². The lowest BCUT2D eigenvalue weighted by molar-refractivity contribution is 0.590. The van der Waals surface area contributed by atoms with E-state index in [2.05, 4.69) is 251 Å². The topological polar surface area (TPSA) is 0 Å². The Morgan fingerprint density at radius 3 is 0.589 bits per heavy atom. The molecule has 0 aliphatic carbocycles. The molecule has 0 radical (unpaired) electrons. The summed E-state index contributed by atoms with van der Waals surface area (Å²) in [5, 5.41) is 4.11. The number of hydrogen-bond donors (Lipinski definition) is 0. The summed E-state index contributed by atoms with van der Waals surface area (Å²) in [6, 6.07) is 54.5. The molecule has 1 heteroatoms. The summed E-state index contributed by atoms with van der Waals surface area (Å²) >= 11 is 0. The zero-order valence-corrected chi connectivity index (χ0v) is 36.2. The lowest BCUT2D eigenvalue weighted by Crippen LogP contribution is -2.30. The molecule has 0 saturated carbocycles. The van der Waals surface area contributed by atoms with Gasteiger partial charge >= 0.3 is 0 Å². The smallest absolute Gasteiger partial charge is 0.0579 e. The summed E-state index contributed by atoms with van der Waals surface area (Å²) < 4.78 is 0. The zero-order chi connectivity index (χ0) is 40.1. The second-order valence-electron chi connectivity index (χ2n) is 18.4. The Morgan fingerprint density at radius 2 is 0.429 bits per heavy atom. The first-order valence-electron chi connectivity index (χ1n) is 20.0. The van der Waals surface area contributed by atoms with Crippen molar-refractivity contribution in [3.05, 3.63) is 196 Å². The highest BCUT2D eigenvalue weighted by molar-refractivity contribution is 7.95.